The second-order valence-corrected chi connectivity index (χ2v) is 7.85. The molecule has 0 amide bonds. The van der Waals surface area contributed by atoms with E-state index >= 15 is 0 Å². The Morgan fingerprint density at radius 2 is 1.93 bits per heavy atom. The van der Waals surface area contributed by atoms with E-state index in [4.69, 9.17) is 9.72 Å². The fraction of sp³-hybridized carbons (Fsp3) is 0.292. The quantitative estimate of drug-likeness (QED) is 0.685. The summed E-state index contributed by atoms with van der Waals surface area (Å²) in [4.78, 5) is 6.62. The molecule has 1 aliphatic carbocycles. The molecule has 0 spiro atoms. The second kappa shape index (κ2) is 7.08. The van der Waals surface area contributed by atoms with Gasteiger partial charge in [-0.2, -0.15) is 0 Å². The van der Waals surface area contributed by atoms with Gasteiger partial charge in [-0.1, -0.05) is 30.3 Å². The predicted molar refractivity (Wildman–Crippen MR) is 114 cm³/mol. The Labute approximate surface area is 170 Å². The van der Waals surface area contributed by atoms with E-state index in [2.05, 4.69) is 17.7 Å². The van der Waals surface area contributed by atoms with Crippen LogP contribution in [0.1, 0.15) is 43.2 Å². The molecule has 1 fully saturated rings. The fourth-order valence-electron chi connectivity index (χ4n) is 3.90. The molecule has 2 atom stereocenters. The summed E-state index contributed by atoms with van der Waals surface area (Å²) in [6.07, 6.45) is 7.09. The van der Waals surface area contributed by atoms with E-state index in [9.17, 15) is 5.11 Å². The van der Waals surface area contributed by atoms with Crippen LogP contribution in [0, 0.1) is 0 Å². The van der Waals surface area contributed by atoms with Crippen LogP contribution >= 0.6 is 0 Å². The second-order valence-electron chi connectivity index (χ2n) is 7.85. The number of hydrogen-bond acceptors (Lipinski definition) is 4. The van der Waals surface area contributed by atoms with Crippen molar-refractivity contribution in [2.75, 3.05) is 4.90 Å². The van der Waals surface area contributed by atoms with Gasteiger partial charge in [0.25, 0.3) is 0 Å². The number of rotatable bonds is 5. The van der Waals surface area contributed by atoms with Crippen molar-refractivity contribution in [3.05, 3.63) is 84.0 Å². The highest BCUT2D eigenvalue weighted by atomic mass is 16.5. The van der Waals surface area contributed by atoms with Crippen molar-refractivity contribution in [3.8, 4) is 0 Å². The van der Waals surface area contributed by atoms with Crippen molar-refractivity contribution in [1.29, 1.82) is 0 Å². The normalized spacial score (nSPS) is 20.0. The van der Waals surface area contributed by atoms with Crippen LogP contribution in [0.3, 0.4) is 0 Å². The molecule has 2 aromatic carbocycles. The van der Waals surface area contributed by atoms with E-state index in [1.165, 1.54) is 12.8 Å². The zero-order chi connectivity index (χ0) is 20.0. The van der Waals surface area contributed by atoms with Gasteiger partial charge in [-0.05, 0) is 49.6 Å². The number of allylic oxidation sites excluding steroid dienone is 1. The summed E-state index contributed by atoms with van der Waals surface area (Å²) >= 11 is 0. The summed E-state index contributed by atoms with van der Waals surface area (Å²) in [5, 5.41) is 10.7. The topological polar surface area (TPSA) is 50.5 Å². The Morgan fingerprint density at radius 3 is 2.66 bits per heavy atom. The van der Waals surface area contributed by atoms with Gasteiger partial charge in [-0.25, -0.2) is 4.98 Å². The molecule has 3 aromatic rings. The van der Waals surface area contributed by atoms with Crippen LogP contribution < -0.4 is 4.90 Å². The number of hydrogen-bond donors (Lipinski definition) is 1. The van der Waals surface area contributed by atoms with Crippen molar-refractivity contribution < 1.29 is 9.84 Å². The zero-order valence-electron chi connectivity index (χ0n) is 16.7. The minimum absolute atomic E-state index is 0.0857. The summed E-state index contributed by atoms with van der Waals surface area (Å²) in [5.74, 6) is 2.44. The molecule has 2 heterocycles. The van der Waals surface area contributed by atoms with Crippen LogP contribution in [-0.2, 0) is 11.8 Å². The Hall–Kier alpha value is -3.05. The van der Waals surface area contributed by atoms with Gasteiger partial charge in [0.2, 0.25) is 0 Å². The molecule has 148 valence electrons. The summed E-state index contributed by atoms with van der Waals surface area (Å²) in [6, 6.07) is 16.2. The molecule has 29 heavy (non-hydrogen) atoms. The van der Waals surface area contributed by atoms with Gasteiger partial charge in [0.1, 0.15) is 17.7 Å². The van der Waals surface area contributed by atoms with Crippen LogP contribution in [-0.4, -0.2) is 20.9 Å². The lowest BCUT2D eigenvalue weighted by atomic mass is 10.1. The van der Waals surface area contributed by atoms with Crippen LogP contribution in [0.15, 0.2) is 72.6 Å². The van der Waals surface area contributed by atoms with E-state index in [0.717, 1.165) is 28.1 Å². The molecule has 0 radical (unpaired) electrons. The summed E-state index contributed by atoms with van der Waals surface area (Å²) in [5.41, 5.74) is 4.13. The van der Waals surface area contributed by atoms with Crippen LogP contribution in [0.5, 0.6) is 0 Å². The molecular weight excluding hydrogens is 362 g/mol. The number of ether oxygens (including phenoxy) is 1. The molecule has 1 N–H and O–H groups in total. The minimum Gasteiger partial charge on any atom is -0.486 e. The van der Waals surface area contributed by atoms with Crippen LogP contribution in [0.25, 0.3) is 11.0 Å². The van der Waals surface area contributed by atoms with Crippen LogP contribution in [0.2, 0.25) is 0 Å². The smallest absolute Gasteiger partial charge is 0.153 e. The van der Waals surface area contributed by atoms with Gasteiger partial charge in [-0.3, -0.25) is 0 Å². The summed E-state index contributed by atoms with van der Waals surface area (Å²) in [6.45, 7) is 2.01. The van der Waals surface area contributed by atoms with Gasteiger partial charge >= 0.3 is 0 Å². The number of imidazole rings is 1. The van der Waals surface area contributed by atoms with E-state index in [1.807, 2.05) is 66.6 Å². The lowest BCUT2D eigenvalue weighted by Gasteiger charge is -2.29. The molecular formula is C24H25N3O2. The Morgan fingerprint density at radius 1 is 1.14 bits per heavy atom. The molecule has 2 unspecified atom stereocenters. The van der Waals surface area contributed by atoms with Crippen molar-refractivity contribution in [1.82, 2.24) is 9.55 Å². The Balaban J connectivity index is 1.35. The lowest BCUT2D eigenvalue weighted by Crippen LogP contribution is -2.31. The van der Waals surface area contributed by atoms with Gasteiger partial charge in [0, 0.05) is 30.9 Å². The number of aliphatic hydroxyl groups excluding tert-OH is 1. The highest BCUT2D eigenvalue weighted by molar-refractivity contribution is 5.81. The highest BCUT2D eigenvalue weighted by Gasteiger charge is 2.29. The lowest BCUT2D eigenvalue weighted by molar-refractivity contribution is 0.133. The average molecular weight is 387 g/mol. The molecule has 2 aliphatic rings. The number of anilines is 1. The largest absolute Gasteiger partial charge is 0.486 e. The van der Waals surface area contributed by atoms with E-state index in [0.29, 0.717) is 11.7 Å². The average Bonchev–Trinajstić information content (AvgIpc) is 3.53. The number of aromatic nitrogens is 2. The Bertz CT molecular complexity index is 1100. The predicted octanol–water partition coefficient (Wildman–Crippen LogP) is 4.76. The number of aliphatic hydroxyl groups is 1. The van der Waals surface area contributed by atoms with E-state index < -0.39 is 6.23 Å². The maximum Gasteiger partial charge on any atom is 0.153 e. The van der Waals surface area contributed by atoms with Gasteiger partial charge in [0.05, 0.1) is 11.0 Å². The zero-order valence-corrected chi connectivity index (χ0v) is 16.7. The third-order valence-corrected chi connectivity index (χ3v) is 5.72. The highest BCUT2D eigenvalue weighted by Crippen LogP contribution is 2.40. The summed E-state index contributed by atoms with van der Waals surface area (Å²) < 4.78 is 8.21. The van der Waals surface area contributed by atoms with Crippen molar-refractivity contribution in [2.24, 2.45) is 7.05 Å². The first kappa shape index (κ1) is 18.0. The number of benzene rings is 2. The molecule has 1 aromatic heterocycles. The fourth-order valence-corrected chi connectivity index (χ4v) is 3.90. The van der Waals surface area contributed by atoms with Crippen molar-refractivity contribution in [2.45, 2.75) is 38.0 Å². The summed E-state index contributed by atoms with van der Waals surface area (Å²) in [7, 11) is 2.08. The molecule has 5 rings (SSSR count). The first-order chi connectivity index (χ1) is 14.1. The van der Waals surface area contributed by atoms with Gasteiger partial charge < -0.3 is 19.3 Å². The standard InChI is InChI=1S/C24H25N3O2/c1-16(17-6-4-3-5-7-17)29-20-12-13-27(23(28)15-20)19-10-11-21-22(14-19)26(2)24(25-21)18-8-9-18/h3-7,10-16,18,23,28H,8-9H2,1-2H3. The molecule has 5 nitrogen and oxygen atoms in total. The van der Waals surface area contributed by atoms with E-state index in [1.54, 1.807) is 6.08 Å². The van der Waals surface area contributed by atoms with Crippen molar-refractivity contribution in [3.63, 3.8) is 0 Å². The molecule has 0 bridgehead atoms. The number of nitrogens with zero attached hydrogens (tertiary/aromatic N) is 3. The Kier molecular flexibility index (Phi) is 4.40. The molecule has 1 saturated carbocycles. The maximum atomic E-state index is 10.7. The van der Waals surface area contributed by atoms with Crippen LogP contribution in [0.4, 0.5) is 5.69 Å². The SMILES string of the molecule is CC(OC1=CC(O)N(c2ccc3nc(C4CC4)n(C)c3c2)C=C1)c1ccccc1. The first-order valence-corrected chi connectivity index (χ1v) is 10.1. The third-order valence-electron chi connectivity index (χ3n) is 5.72. The molecule has 1 aliphatic heterocycles. The monoisotopic (exact) mass is 387 g/mol. The third kappa shape index (κ3) is 3.42. The van der Waals surface area contributed by atoms with E-state index in [-0.39, 0.29) is 6.10 Å². The number of aryl methyl sites for hydroxylation is 1. The van der Waals surface area contributed by atoms with Gasteiger partial charge in [0.15, 0.2) is 6.23 Å². The minimum atomic E-state index is -0.786. The molecule has 0 saturated heterocycles. The number of fused-ring (bicyclic) bond motifs is 1. The van der Waals surface area contributed by atoms with Crippen molar-refractivity contribution >= 4 is 16.7 Å². The molecule has 5 heteroatoms. The van der Waals surface area contributed by atoms with Gasteiger partial charge in [-0.15, -0.1) is 0 Å². The maximum absolute atomic E-state index is 10.7. The first-order valence-electron chi connectivity index (χ1n) is 10.1.